The Labute approximate surface area is 147 Å². The molecular weight excluding hydrogens is 415 g/mol. The molecular formula is C17H17Br2ClO. The summed E-state index contributed by atoms with van der Waals surface area (Å²) in [6.45, 7) is 6.15. The highest BCUT2D eigenvalue weighted by Gasteiger charge is 2.22. The van der Waals surface area contributed by atoms with Crippen molar-refractivity contribution in [3.05, 3.63) is 61.0 Å². The van der Waals surface area contributed by atoms with Crippen LogP contribution >= 0.6 is 43.5 Å². The SMILES string of the molecule is COc1c(C)cc(Br)c(C)c1C(Cl)c1ccc(C)c(Br)c1. The van der Waals surface area contributed by atoms with Crippen molar-refractivity contribution in [3.8, 4) is 5.75 Å². The fourth-order valence-corrected chi connectivity index (χ4v) is 3.74. The van der Waals surface area contributed by atoms with Crippen LogP contribution in [0.3, 0.4) is 0 Å². The van der Waals surface area contributed by atoms with Gasteiger partial charge in [0.2, 0.25) is 0 Å². The molecule has 0 aromatic heterocycles. The van der Waals surface area contributed by atoms with Crippen molar-refractivity contribution in [1.29, 1.82) is 0 Å². The second-order valence-corrected chi connectivity index (χ2v) is 7.26. The molecule has 2 aromatic rings. The van der Waals surface area contributed by atoms with Gasteiger partial charge in [0.25, 0.3) is 0 Å². The summed E-state index contributed by atoms with van der Waals surface area (Å²) in [5.74, 6) is 0.854. The van der Waals surface area contributed by atoms with E-state index in [0.717, 1.165) is 36.9 Å². The molecule has 0 spiro atoms. The first-order chi connectivity index (χ1) is 9.86. The Bertz CT molecular complexity index is 683. The minimum atomic E-state index is -0.256. The first kappa shape index (κ1) is 16.9. The van der Waals surface area contributed by atoms with Gasteiger partial charge in [-0.2, -0.15) is 0 Å². The molecule has 0 aliphatic rings. The van der Waals surface area contributed by atoms with E-state index in [1.807, 2.05) is 6.92 Å². The van der Waals surface area contributed by atoms with Gasteiger partial charge in [0, 0.05) is 14.5 Å². The van der Waals surface area contributed by atoms with Crippen LogP contribution in [0.25, 0.3) is 0 Å². The first-order valence-electron chi connectivity index (χ1n) is 6.60. The van der Waals surface area contributed by atoms with E-state index in [2.05, 4.69) is 70.0 Å². The lowest BCUT2D eigenvalue weighted by atomic mass is 9.96. The number of alkyl halides is 1. The molecule has 0 aliphatic heterocycles. The Morgan fingerprint density at radius 1 is 1.00 bits per heavy atom. The van der Waals surface area contributed by atoms with Crippen molar-refractivity contribution < 1.29 is 4.74 Å². The zero-order valence-corrected chi connectivity index (χ0v) is 16.4. The van der Waals surface area contributed by atoms with Crippen LogP contribution in [0.5, 0.6) is 5.75 Å². The maximum atomic E-state index is 6.77. The molecule has 1 atom stereocenters. The first-order valence-corrected chi connectivity index (χ1v) is 8.62. The van der Waals surface area contributed by atoms with Gasteiger partial charge in [0.1, 0.15) is 5.75 Å². The zero-order valence-electron chi connectivity index (χ0n) is 12.4. The van der Waals surface area contributed by atoms with Crippen molar-refractivity contribution >= 4 is 43.5 Å². The topological polar surface area (TPSA) is 9.23 Å². The van der Waals surface area contributed by atoms with Crippen LogP contribution in [-0.2, 0) is 0 Å². The second-order valence-electron chi connectivity index (χ2n) is 5.12. The lowest BCUT2D eigenvalue weighted by molar-refractivity contribution is 0.406. The Morgan fingerprint density at radius 3 is 2.24 bits per heavy atom. The van der Waals surface area contributed by atoms with E-state index >= 15 is 0 Å². The molecule has 1 nitrogen and oxygen atoms in total. The number of methoxy groups -OCH3 is 1. The third-order valence-electron chi connectivity index (χ3n) is 3.65. The molecule has 1 unspecified atom stereocenters. The Morgan fingerprint density at radius 2 is 1.67 bits per heavy atom. The predicted molar refractivity (Wildman–Crippen MR) is 96.7 cm³/mol. The van der Waals surface area contributed by atoms with Gasteiger partial charge in [0.15, 0.2) is 0 Å². The van der Waals surface area contributed by atoms with Gasteiger partial charge in [-0.1, -0.05) is 44.0 Å². The van der Waals surface area contributed by atoms with Crippen LogP contribution in [0.2, 0.25) is 0 Å². The van der Waals surface area contributed by atoms with Crippen LogP contribution in [0.15, 0.2) is 33.2 Å². The molecule has 4 heteroatoms. The molecule has 0 radical (unpaired) electrons. The van der Waals surface area contributed by atoms with Gasteiger partial charge in [-0.25, -0.2) is 0 Å². The minimum Gasteiger partial charge on any atom is -0.496 e. The van der Waals surface area contributed by atoms with E-state index in [4.69, 9.17) is 16.3 Å². The van der Waals surface area contributed by atoms with E-state index in [-0.39, 0.29) is 5.38 Å². The maximum Gasteiger partial charge on any atom is 0.127 e. The average Bonchev–Trinajstić information content (AvgIpc) is 2.44. The summed E-state index contributed by atoms with van der Waals surface area (Å²) < 4.78 is 7.70. The van der Waals surface area contributed by atoms with Gasteiger partial charge < -0.3 is 4.74 Å². The highest BCUT2D eigenvalue weighted by molar-refractivity contribution is 9.10. The molecule has 0 saturated heterocycles. The highest BCUT2D eigenvalue weighted by Crippen LogP contribution is 2.42. The van der Waals surface area contributed by atoms with Crippen molar-refractivity contribution in [2.75, 3.05) is 7.11 Å². The van der Waals surface area contributed by atoms with Crippen LogP contribution in [-0.4, -0.2) is 7.11 Å². The molecule has 0 amide bonds. The predicted octanol–water partition coefficient (Wildman–Crippen LogP) is 6.47. The van der Waals surface area contributed by atoms with Crippen molar-refractivity contribution in [1.82, 2.24) is 0 Å². The maximum absolute atomic E-state index is 6.77. The van der Waals surface area contributed by atoms with Crippen LogP contribution in [0.1, 0.15) is 33.2 Å². The Balaban J connectivity index is 2.62. The molecule has 0 fully saturated rings. The number of halogens is 3. The van der Waals surface area contributed by atoms with Crippen molar-refractivity contribution in [2.45, 2.75) is 26.1 Å². The van der Waals surface area contributed by atoms with Crippen LogP contribution in [0, 0.1) is 20.8 Å². The lowest BCUT2D eigenvalue weighted by Crippen LogP contribution is -2.03. The molecule has 0 N–H and O–H groups in total. The Kier molecular flexibility index (Phi) is 5.39. The number of hydrogen-bond acceptors (Lipinski definition) is 1. The summed E-state index contributed by atoms with van der Waals surface area (Å²) in [6, 6.07) is 8.27. The van der Waals surface area contributed by atoms with E-state index in [1.54, 1.807) is 7.11 Å². The molecule has 21 heavy (non-hydrogen) atoms. The van der Waals surface area contributed by atoms with Gasteiger partial charge in [-0.05, 0) is 55.2 Å². The minimum absolute atomic E-state index is 0.256. The zero-order chi connectivity index (χ0) is 15.7. The molecule has 0 aliphatic carbocycles. The van der Waals surface area contributed by atoms with E-state index < -0.39 is 0 Å². The van der Waals surface area contributed by atoms with Crippen LogP contribution in [0.4, 0.5) is 0 Å². The second kappa shape index (κ2) is 6.72. The van der Waals surface area contributed by atoms with Gasteiger partial charge in [-0.15, -0.1) is 11.6 Å². The normalized spacial score (nSPS) is 12.3. The molecule has 112 valence electrons. The highest BCUT2D eigenvalue weighted by atomic mass is 79.9. The fraction of sp³-hybridized carbons (Fsp3) is 0.294. The number of aryl methyl sites for hydroxylation is 2. The van der Waals surface area contributed by atoms with Crippen molar-refractivity contribution in [2.24, 2.45) is 0 Å². The number of ether oxygens (including phenoxy) is 1. The molecule has 0 saturated carbocycles. The van der Waals surface area contributed by atoms with E-state index in [1.165, 1.54) is 5.56 Å². The summed E-state index contributed by atoms with van der Waals surface area (Å²) in [5.41, 5.74) is 5.43. The number of benzene rings is 2. The van der Waals surface area contributed by atoms with E-state index in [0.29, 0.717) is 0 Å². The monoisotopic (exact) mass is 430 g/mol. The van der Waals surface area contributed by atoms with Gasteiger partial charge in [-0.3, -0.25) is 0 Å². The Hall–Kier alpha value is -0.510. The van der Waals surface area contributed by atoms with E-state index in [9.17, 15) is 0 Å². The largest absolute Gasteiger partial charge is 0.496 e. The quantitative estimate of drug-likeness (QED) is 0.505. The van der Waals surface area contributed by atoms with Crippen molar-refractivity contribution in [3.63, 3.8) is 0 Å². The number of hydrogen-bond donors (Lipinski definition) is 0. The van der Waals surface area contributed by atoms with Gasteiger partial charge >= 0.3 is 0 Å². The fourth-order valence-electron chi connectivity index (χ4n) is 2.38. The third kappa shape index (κ3) is 3.30. The summed E-state index contributed by atoms with van der Waals surface area (Å²) >= 11 is 13.9. The summed E-state index contributed by atoms with van der Waals surface area (Å²) in [7, 11) is 1.69. The summed E-state index contributed by atoms with van der Waals surface area (Å²) in [4.78, 5) is 0. The third-order valence-corrected chi connectivity index (χ3v) is 5.80. The summed E-state index contributed by atoms with van der Waals surface area (Å²) in [5, 5.41) is -0.256. The van der Waals surface area contributed by atoms with Crippen LogP contribution < -0.4 is 4.74 Å². The average molecular weight is 433 g/mol. The summed E-state index contributed by atoms with van der Waals surface area (Å²) in [6.07, 6.45) is 0. The molecule has 2 aromatic carbocycles. The standard InChI is InChI=1S/C17H17Br2ClO/c1-9-5-6-12(8-13(9)18)16(20)15-11(3)14(19)7-10(2)17(15)21-4/h5-8,16H,1-4H3. The van der Waals surface area contributed by atoms with Gasteiger partial charge in [0.05, 0.1) is 12.5 Å². The molecule has 0 heterocycles. The number of rotatable bonds is 3. The molecule has 2 rings (SSSR count). The lowest BCUT2D eigenvalue weighted by Gasteiger charge is -2.20. The smallest absolute Gasteiger partial charge is 0.127 e. The molecule has 0 bridgehead atoms.